The molecular formula is C16H31NO. The first-order valence-corrected chi connectivity index (χ1v) is 8.08. The van der Waals surface area contributed by atoms with Gasteiger partial charge in [0.25, 0.3) is 0 Å². The van der Waals surface area contributed by atoms with Crippen molar-refractivity contribution in [2.75, 3.05) is 13.7 Å². The summed E-state index contributed by atoms with van der Waals surface area (Å²) < 4.78 is 5.85. The van der Waals surface area contributed by atoms with Crippen LogP contribution in [0, 0.1) is 11.8 Å². The van der Waals surface area contributed by atoms with E-state index >= 15 is 0 Å². The second-order valence-corrected chi connectivity index (χ2v) is 6.48. The van der Waals surface area contributed by atoms with E-state index in [-0.39, 0.29) is 0 Å². The Morgan fingerprint density at radius 1 is 1.11 bits per heavy atom. The summed E-state index contributed by atoms with van der Waals surface area (Å²) in [5, 5.41) is 3.57. The van der Waals surface area contributed by atoms with Crippen LogP contribution in [0.4, 0.5) is 0 Å². The Morgan fingerprint density at radius 3 is 2.50 bits per heavy atom. The van der Waals surface area contributed by atoms with Crippen LogP contribution in [-0.4, -0.2) is 25.8 Å². The van der Waals surface area contributed by atoms with E-state index in [2.05, 4.69) is 19.3 Å². The molecule has 106 valence electrons. The highest BCUT2D eigenvalue weighted by Crippen LogP contribution is 2.32. The third kappa shape index (κ3) is 4.24. The summed E-state index contributed by atoms with van der Waals surface area (Å²) in [6, 6.07) is 0.725. The number of rotatable bonds is 5. The molecule has 1 aliphatic carbocycles. The predicted octanol–water partition coefficient (Wildman–Crippen LogP) is 3.75. The molecule has 2 rings (SSSR count). The van der Waals surface area contributed by atoms with Crippen molar-refractivity contribution < 1.29 is 4.74 Å². The van der Waals surface area contributed by atoms with E-state index in [0.717, 1.165) is 24.5 Å². The van der Waals surface area contributed by atoms with Crippen molar-refractivity contribution in [2.24, 2.45) is 11.8 Å². The van der Waals surface area contributed by atoms with Crippen molar-refractivity contribution in [1.29, 1.82) is 0 Å². The molecule has 2 heteroatoms. The standard InChI is InChI=1S/C16H31NO/c1-13-6-8-14(9-7-13)16(17-2)11-10-15-5-3-4-12-18-15/h13-17H,3-12H2,1-2H3. The van der Waals surface area contributed by atoms with Crippen LogP contribution in [0.25, 0.3) is 0 Å². The van der Waals surface area contributed by atoms with Crippen LogP contribution in [0.15, 0.2) is 0 Å². The molecule has 1 aliphatic heterocycles. The minimum absolute atomic E-state index is 0.553. The topological polar surface area (TPSA) is 21.3 Å². The number of ether oxygens (including phenoxy) is 1. The molecule has 18 heavy (non-hydrogen) atoms. The molecule has 0 spiro atoms. The fourth-order valence-electron chi connectivity index (χ4n) is 3.70. The highest BCUT2D eigenvalue weighted by Gasteiger charge is 2.26. The van der Waals surface area contributed by atoms with E-state index in [0.29, 0.717) is 6.10 Å². The fourth-order valence-corrected chi connectivity index (χ4v) is 3.70. The van der Waals surface area contributed by atoms with Gasteiger partial charge >= 0.3 is 0 Å². The summed E-state index contributed by atoms with van der Waals surface area (Å²) in [6.07, 6.45) is 12.8. The monoisotopic (exact) mass is 253 g/mol. The highest BCUT2D eigenvalue weighted by atomic mass is 16.5. The first-order valence-electron chi connectivity index (χ1n) is 8.08. The maximum atomic E-state index is 5.85. The van der Waals surface area contributed by atoms with Crippen molar-refractivity contribution in [3.05, 3.63) is 0 Å². The van der Waals surface area contributed by atoms with Crippen LogP contribution < -0.4 is 5.32 Å². The van der Waals surface area contributed by atoms with Gasteiger partial charge in [0.1, 0.15) is 0 Å². The molecule has 1 saturated carbocycles. The van der Waals surface area contributed by atoms with Gasteiger partial charge in [-0.3, -0.25) is 0 Å². The van der Waals surface area contributed by atoms with E-state index in [1.165, 1.54) is 57.8 Å². The van der Waals surface area contributed by atoms with Crippen molar-refractivity contribution in [3.8, 4) is 0 Å². The van der Waals surface area contributed by atoms with Gasteiger partial charge in [-0.2, -0.15) is 0 Å². The van der Waals surface area contributed by atoms with E-state index in [9.17, 15) is 0 Å². The molecule has 2 aliphatic rings. The molecule has 2 unspecified atom stereocenters. The Hall–Kier alpha value is -0.0800. The van der Waals surface area contributed by atoms with Crippen LogP contribution in [0.5, 0.6) is 0 Å². The van der Waals surface area contributed by atoms with Crippen molar-refractivity contribution in [1.82, 2.24) is 5.32 Å². The van der Waals surface area contributed by atoms with E-state index in [1.54, 1.807) is 0 Å². The van der Waals surface area contributed by atoms with Crippen molar-refractivity contribution in [2.45, 2.75) is 76.9 Å². The smallest absolute Gasteiger partial charge is 0.0575 e. The summed E-state index contributed by atoms with van der Waals surface area (Å²) in [4.78, 5) is 0. The molecule has 0 aromatic rings. The normalized spacial score (nSPS) is 35.3. The molecule has 2 nitrogen and oxygen atoms in total. The summed E-state index contributed by atoms with van der Waals surface area (Å²) in [5.41, 5.74) is 0. The number of nitrogens with one attached hydrogen (secondary N) is 1. The number of hydrogen-bond acceptors (Lipinski definition) is 2. The van der Waals surface area contributed by atoms with Crippen LogP contribution in [0.1, 0.15) is 64.7 Å². The van der Waals surface area contributed by atoms with Gasteiger partial charge in [-0.05, 0) is 63.8 Å². The molecule has 1 saturated heterocycles. The first-order chi connectivity index (χ1) is 8.79. The van der Waals surface area contributed by atoms with Gasteiger partial charge in [0.15, 0.2) is 0 Å². The zero-order chi connectivity index (χ0) is 12.8. The summed E-state index contributed by atoms with van der Waals surface area (Å²) >= 11 is 0. The summed E-state index contributed by atoms with van der Waals surface area (Å²) in [7, 11) is 2.14. The highest BCUT2D eigenvalue weighted by molar-refractivity contribution is 4.81. The van der Waals surface area contributed by atoms with E-state index in [1.807, 2.05) is 0 Å². The summed E-state index contributed by atoms with van der Waals surface area (Å²) in [6.45, 7) is 3.40. The Bertz CT molecular complexity index is 217. The SMILES string of the molecule is CNC(CCC1CCCCO1)C1CCC(C)CC1. The largest absolute Gasteiger partial charge is 0.378 e. The lowest BCUT2D eigenvalue weighted by atomic mass is 9.78. The zero-order valence-corrected chi connectivity index (χ0v) is 12.3. The number of hydrogen-bond donors (Lipinski definition) is 1. The first kappa shape index (κ1) is 14.3. The predicted molar refractivity (Wildman–Crippen MR) is 76.8 cm³/mol. The Balaban J connectivity index is 1.71. The molecule has 0 aromatic heterocycles. The molecular weight excluding hydrogens is 222 g/mol. The Kier molecular flexibility index (Phi) is 5.97. The van der Waals surface area contributed by atoms with Crippen LogP contribution >= 0.6 is 0 Å². The molecule has 2 fully saturated rings. The van der Waals surface area contributed by atoms with Crippen LogP contribution in [0.3, 0.4) is 0 Å². The van der Waals surface area contributed by atoms with Crippen molar-refractivity contribution in [3.63, 3.8) is 0 Å². The minimum atomic E-state index is 0.553. The molecule has 0 aromatic carbocycles. The Labute approximate surface area is 113 Å². The van der Waals surface area contributed by atoms with Gasteiger partial charge in [0.2, 0.25) is 0 Å². The third-order valence-corrected chi connectivity index (χ3v) is 5.07. The van der Waals surface area contributed by atoms with Gasteiger partial charge in [-0.25, -0.2) is 0 Å². The quantitative estimate of drug-likeness (QED) is 0.805. The second kappa shape index (κ2) is 7.49. The van der Waals surface area contributed by atoms with Gasteiger partial charge < -0.3 is 10.1 Å². The average Bonchev–Trinajstić information content (AvgIpc) is 2.42. The van der Waals surface area contributed by atoms with Gasteiger partial charge in [-0.1, -0.05) is 19.8 Å². The lowest BCUT2D eigenvalue weighted by Gasteiger charge is -2.33. The lowest BCUT2D eigenvalue weighted by Crippen LogP contribution is -2.36. The molecule has 0 radical (unpaired) electrons. The summed E-state index contributed by atoms with van der Waals surface area (Å²) in [5.74, 6) is 1.87. The Morgan fingerprint density at radius 2 is 1.89 bits per heavy atom. The van der Waals surface area contributed by atoms with E-state index < -0.39 is 0 Å². The fraction of sp³-hybridized carbons (Fsp3) is 1.00. The lowest BCUT2D eigenvalue weighted by molar-refractivity contribution is 0.00706. The maximum absolute atomic E-state index is 5.85. The maximum Gasteiger partial charge on any atom is 0.0575 e. The van der Waals surface area contributed by atoms with Crippen LogP contribution in [0.2, 0.25) is 0 Å². The van der Waals surface area contributed by atoms with Gasteiger partial charge in [0, 0.05) is 12.6 Å². The second-order valence-electron chi connectivity index (χ2n) is 6.48. The van der Waals surface area contributed by atoms with E-state index in [4.69, 9.17) is 4.74 Å². The van der Waals surface area contributed by atoms with Crippen LogP contribution in [-0.2, 0) is 4.74 Å². The zero-order valence-electron chi connectivity index (χ0n) is 12.3. The van der Waals surface area contributed by atoms with Gasteiger partial charge in [0.05, 0.1) is 6.10 Å². The molecule has 0 amide bonds. The molecule has 1 N–H and O–H groups in total. The minimum Gasteiger partial charge on any atom is -0.378 e. The third-order valence-electron chi connectivity index (χ3n) is 5.07. The molecule has 1 heterocycles. The molecule has 0 bridgehead atoms. The average molecular weight is 253 g/mol. The van der Waals surface area contributed by atoms with Crippen molar-refractivity contribution >= 4 is 0 Å². The molecule has 2 atom stereocenters. The van der Waals surface area contributed by atoms with Gasteiger partial charge in [-0.15, -0.1) is 0 Å².